The molecule has 3 nitrogen and oxygen atoms in total. The van der Waals surface area contributed by atoms with Crippen LogP contribution in [0.3, 0.4) is 0 Å². The lowest BCUT2D eigenvalue weighted by atomic mass is 9.99. The number of amides is 1. The van der Waals surface area contributed by atoms with Crippen LogP contribution in [0.4, 0.5) is 0 Å². The van der Waals surface area contributed by atoms with Crippen molar-refractivity contribution in [3.05, 3.63) is 35.9 Å². The molecule has 1 aromatic rings. The molecule has 1 N–H and O–H groups in total. The quantitative estimate of drug-likeness (QED) is 0.868. The zero-order valence-electron chi connectivity index (χ0n) is 10.3. The first kappa shape index (κ1) is 13.6. The summed E-state index contributed by atoms with van der Waals surface area (Å²) in [4.78, 5) is 12.1. The van der Waals surface area contributed by atoms with E-state index in [1.54, 1.807) is 0 Å². The first-order chi connectivity index (χ1) is 8.77. The molecule has 0 aromatic heterocycles. The number of hydrogen-bond donors (Lipinski definition) is 1. The molecule has 1 fully saturated rings. The van der Waals surface area contributed by atoms with E-state index in [0.717, 1.165) is 12.8 Å². The number of nitrogens with one attached hydrogen (secondary N) is 1. The standard InChI is InChI=1S/C14H18BrNO2/c15-13(11-4-2-1-3-5-11)10-16-14(17)12-6-8-18-9-7-12/h1-5,12-13H,6-10H2,(H,16,17). The monoisotopic (exact) mass is 311 g/mol. The smallest absolute Gasteiger partial charge is 0.223 e. The maximum Gasteiger partial charge on any atom is 0.223 e. The van der Waals surface area contributed by atoms with Gasteiger partial charge >= 0.3 is 0 Å². The number of ether oxygens (including phenoxy) is 1. The molecule has 0 spiro atoms. The zero-order valence-corrected chi connectivity index (χ0v) is 11.9. The van der Waals surface area contributed by atoms with Crippen molar-refractivity contribution in [2.24, 2.45) is 5.92 Å². The molecule has 1 aliphatic heterocycles. The Morgan fingerprint density at radius 1 is 1.33 bits per heavy atom. The molecule has 0 bridgehead atoms. The maximum atomic E-state index is 11.9. The average Bonchev–Trinajstić information content (AvgIpc) is 2.46. The van der Waals surface area contributed by atoms with E-state index in [-0.39, 0.29) is 16.7 Å². The minimum absolute atomic E-state index is 0.120. The third-order valence-corrected chi connectivity index (χ3v) is 4.06. The highest BCUT2D eigenvalue weighted by atomic mass is 79.9. The summed E-state index contributed by atoms with van der Waals surface area (Å²) in [7, 11) is 0. The van der Waals surface area contributed by atoms with E-state index in [0.29, 0.717) is 19.8 Å². The number of carbonyl (C=O) groups is 1. The van der Waals surface area contributed by atoms with E-state index in [1.165, 1.54) is 5.56 Å². The second kappa shape index (κ2) is 6.90. The lowest BCUT2D eigenvalue weighted by Crippen LogP contribution is -2.35. The molecule has 1 saturated heterocycles. The summed E-state index contributed by atoms with van der Waals surface area (Å²) in [5, 5.41) is 3.01. The van der Waals surface area contributed by atoms with Crippen molar-refractivity contribution in [2.75, 3.05) is 19.8 Å². The summed E-state index contributed by atoms with van der Waals surface area (Å²) in [6, 6.07) is 10.1. The van der Waals surface area contributed by atoms with Gasteiger partial charge in [0, 0.05) is 25.7 Å². The van der Waals surface area contributed by atoms with Gasteiger partial charge in [-0.05, 0) is 18.4 Å². The molecule has 18 heavy (non-hydrogen) atoms. The van der Waals surface area contributed by atoms with Crippen LogP contribution in [0.15, 0.2) is 30.3 Å². The van der Waals surface area contributed by atoms with E-state index in [2.05, 4.69) is 33.4 Å². The molecule has 1 unspecified atom stereocenters. The molecule has 1 aromatic carbocycles. The Bertz CT molecular complexity index is 377. The Morgan fingerprint density at radius 2 is 2.00 bits per heavy atom. The lowest BCUT2D eigenvalue weighted by molar-refractivity contribution is -0.127. The lowest BCUT2D eigenvalue weighted by Gasteiger charge is -2.22. The van der Waals surface area contributed by atoms with Crippen LogP contribution >= 0.6 is 15.9 Å². The third kappa shape index (κ3) is 3.82. The summed E-state index contributed by atoms with van der Waals surface area (Å²) in [5.74, 6) is 0.271. The van der Waals surface area contributed by atoms with Crippen LogP contribution in [0.5, 0.6) is 0 Å². The summed E-state index contributed by atoms with van der Waals surface area (Å²) in [6.45, 7) is 2.03. The maximum absolute atomic E-state index is 11.9. The van der Waals surface area contributed by atoms with Crippen LogP contribution in [0.2, 0.25) is 0 Å². The topological polar surface area (TPSA) is 38.3 Å². The molecule has 1 atom stereocenters. The highest BCUT2D eigenvalue weighted by Crippen LogP contribution is 2.21. The Morgan fingerprint density at radius 3 is 2.67 bits per heavy atom. The first-order valence-corrected chi connectivity index (χ1v) is 7.23. The van der Waals surface area contributed by atoms with Gasteiger partial charge in [-0.3, -0.25) is 4.79 Å². The van der Waals surface area contributed by atoms with Crippen LogP contribution < -0.4 is 5.32 Å². The summed E-state index contributed by atoms with van der Waals surface area (Å²) in [5.41, 5.74) is 1.18. The van der Waals surface area contributed by atoms with Gasteiger partial charge in [0.25, 0.3) is 0 Å². The number of halogens is 1. The SMILES string of the molecule is O=C(NCC(Br)c1ccccc1)C1CCOCC1. The minimum atomic E-state index is 0.120. The molecule has 0 radical (unpaired) electrons. The molecular formula is C14H18BrNO2. The number of benzene rings is 1. The van der Waals surface area contributed by atoms with Gasteiger partial charge in [0.2, 0.25) is 5.91 Å². The fourth-order valence-corrected chi connectivity index (χ4v) is 2.54. The highest BCUT2D eigenvalue weighted by molar-refractivity contribution is 9.09. The average molecular weight is 312 g/mol. The van der Waals surface area contributed by atoms with Gasteiger partial charge in [0.15, 0.2) is 0 Å². The number of hydrogen-bond acceptors (Lipinski definition) is 2. The van der Waals surface area contributed by atoms with Crippen molar-refractivity contribution in [3.8, 4) is 0 Å². The largest absolute Gasteiger partial charge is 0.381 e. The van der Waals surface area contributed by atoms with Crippen molar-refractivity contribution < 1.29 is 9.53 Å². The fourth-order valence-electron chi connectivity index (χ4n) is 2.07. The van der Waals surface area contributed by atoms with Crippen LogP contribution in [-0.2, 0) is 9.53 Å². The predicted molar refractivity (Wildman–Crippen MR) is 74.7 cm³/mol. The molecule has 1 amide bonds. The highest BCUT2D eigenvalue weighted by Gasteiger charge is 2.21. The Kier molecular flexibility index (Phi) is 5.20. The van der Waals surface area contributed by atoms with Crippen LogP contribution in [0.1, 0.15) is 23.2 Å². The second-order valence-corrected chi connectivity index (χ2v) is 5.62. The van der Waals surface area contributed by atoms with Crippen molar-refractivity contribution in [2.45, 2.75) is 17.7 Å². The van der Waals surface area contributed by atoms with Gasteiger partial charge in [0.05, 0.1) is 4.83 Å². The number of carbonyl (C=O) groups excluding carboxylic acids is 1. The van der Waals surface area contributed by atoms with Gasteiger partial charge < -0.3 is 10.1 Å². The van der Waals surface area contributed by atoms with Gasteiger partial charge in [-0.1, -0.05) is 46.3 Å². The minimum Gasteiger partial charge on any atom is -0.381 e. The van der Waals surface area contributed by atoms with Gasteiger partial charge in [0.1, 0.15) is 0 Å². The molecular weight excluding hydrogens is 294 g/mol. The van der Waals surface area contributed by atoms with Crippen molar-refractivity contribution in [1.29, 1.82) is 0 Å². The third-order valence-electron chi connectivity index (χ3n) is 3.21. The normalized spacial score (nSPS) is 18.3. The number of rotatable bonds is 4. The summed E-state index contributed by atoms with van der Waals surface area (Å²) < 4.78 is 5.26. The zero-order chi connectivity index (χ0) is 12.8. The van der Waals surface area contributed by atoms with E-state index < -0.39 is 0 Å². The van der Waals surface area contributed by atoms with Crippen LogP contribution in [0.25, 0.3) is 0 Å². The predicted octanol–water partition coefficient (Wildman–Crippen LogP) is 2.67. The molecule has 2 rings (SSSR count). The van der Waals surface area contributed by atoms with E-state index in [1.807, 2.05) is 18.2 Å². The van der Waals surface area contributed by atoms with Crippen molar-refractivity contribution >= 4 is 21.8 Å². The molecule has 0 saturated carbocycles. The second-order valence-electron chi connectivity index (χ2n) is 4.51. The first-order valence-electron chi connectivity index (χ1n) is 6.32. The molecule has 4 heteroatoms. The number of alkyl halides is 1. The van der Waals surface area contributed by atoms with E-state index in [9.17, 15) is 4.79 Å². The Balaban J connectivity index is 1.78. The van der Waals surface area contributed by atoms with Gasteiger partial charge in [-0.2, -0.15) is 0 Å². The van der Waals surface area contributed by atoms with Crippen molar-refractivity contribution in [3.63, 3.8) is 0 Å². The molecule has 98 valence electrons. The summed E-state index contributed by atoms with van der Waals surface area (Å²) in [6.07, 6.45) is 1.67. The van der Waals surface area contributed by atoms with Crippen LogP contribution in [-0.4, -0.2) is 25.7 Å². The van der Waals surface area contributed by atoms with Crippen molar-refractivity contribution in [1.82, 2.24) is 5.32 Å². The Labute approximate surface area is 116 Å². The molecule has 1 heterocycles. The van der Waals surface area contributed by atoms with Gasteiger partial charge in [-0.25, -0.2) is 0 Å². The molecule has 1 aliphatic rings. The Hall–Kier alpha value is -0.870. The summed E-state index contributed by atoms with van der Waals surface area (Å²) >= 11 is 3.60. The van der Waals surface area contributed by atoms with E-state index in [4.69, 9.17) is 4.74 Å². The fraction of sp³-hybridized carbons (Fsp3) is 0.500. The van der Waals surface area contributed by atoms with E-state index >= 15 is 0 Å². The van der Waals surface area contributed by atoms with Crippen LogP contribution in [0, 0.1) is 5.92 Å². The van der Waals surface area contributed by atoms with Gasteiger partial charge in [-0.15, -0.1) is 0 Å². The molecule has 0 aliphatic carbocycles.